The van der Waals surface area contributed by atoms with Crippen LogP contribution in [-0.4, -0.2) is 22.3 Å². The van der Waals surface area contributed by atoms with Gasteiger partial charge >= 0.3 is 0 Å². The van der Waals surface area contributed by atoms with Gasteiger partial charge in [-0.25, -0.2) is 0 Å². The zero-order valence-electron chi connectivity index (χ0n) is 7.57. The van der Waals surface area contributed by atoms with Gasteiger partial charge in [-0.1, -0.05) is 6.08 Å². The molecule has 2 heterocycles. The lowest BCUT2D eigenvalue weighted by atomic mass is 10.0. The van der Waals surface area contributed by atoms with Gasteiger partial charge in [0.15, 0.2) is 0 Å². The summed E-state index contributed by atoms with van der Waals surface area (Å²) < 4.78 is 16.8. The summed E-state index contributed by atoms with van der Waals surface area (Å²) in [5.41, 5.74) is 0. The summed E-state index contributed by atoms with van der Waals surface area (Å²) in [7, 11) is -0.617. The molecular weight excluding hydrogens is 184 g/mol. The fraction of sp³-hybridized carbons (Fsp3) is 0.600. The van der Waals surface area contributed by atoms with Gasteiger partial charge < -0.3 is 4.74 Å². The fourth-order valence-corrected chi connectivity index (χ4v) is 3.21. The summed E-state index contributed by atoms with van der Waals surface area (Å²) in [6.07, 6.45) is 8.23. The normalized spacial score (nSPS) is 33.7. The maximum atomic E-state index is 11.3. The first-order valence-electron chi connectivity index (χ1n) is 4.71. The zero-order valence-corrected chi connectivity index (χ0v) is 8.39. The van der Waals surface area contributed by atoms with Crippen molar-refractivity contribution in [2.45, 2.75) is 12.8 Å². The molecule has 2 aliphatic heterocycles. The van der Waals surface area contributed by atoms with Crippen LogP contribution in [0.15, 0.2) is 24.0 Å². The highest BCUT2D eigenvalue weighted by Gasteiger charge is 2.23. The Morgan fingerprint density at radius 2 is 2.46 bits per heavy atom. The van der Waals surface area contributed by atoms with Crippen molar-refractivity contribution in [3.63, 3.8) is 0 Å². The van der Waals surface area contributed by atoms with Crippen LogP contribution in [0.25, 0.3) is 0 Å². The van der Waals surface area contributed by atoms with E-state index in [2.05, 4.69) is 0 Å². The minimum atomic E-state index is -0.617. The fourth-order valence-electron chi connectivity index (χ4n) is 1.77. The molecule has 13 heavy (non-hydrogen) atoms. The largest absolute Gasteiger partial charge is 0.494 e. The van der Waals surface area contributed by atoms with Crippen molar-refractivity contribution in [1.82, 2.24) is 0 Å². The molecule has 3 heteroatoms. The number of hydrogen-bond acceptors (Lipinski definition) is 2. The molecule has 0 aromatic rings. The van der Waals surface area contributed by atoms with Crippen LogP contribution < -0.4 is 0 Å². The SMILES string of the molecule is O=S1CCCC(C2=CC=CCO2)C1. The van der Waals surface area contributed by atoms with E-state index in [1.165, 1.54) is 0 Å². The first-order chi connectivity index (χ1) is 6.36. The van der Waals surface area contributed by atoms with Gasteiger partial charge in [-0.05, 0) is 25.0 Å². The van der Waals surface area contributed by atoms with E-state index in [1.807, 2.05) is 18.2 Å². The maximum Gasteiger partial charge on any atom is 0.106 e. The van der Waals surface area contributed by atoms with Crippen molar-refractivity contribution in [2.24, 2.45) is 5.92 Å². The predicted octanol–water partition coefficient (Wildman–Crippen LogP) is 1.62. The van der Waals surface area contributed by atoms with Gasteiger partial charge in [-0.2, -0.15) is 0 Å². The third kappa shape index (κ3) is 2.21. The standard InChI is InChI=1S/C10H14O2S/c11-13-7-3-4-9(8-13)10-5-1-2-6-12-10/h1-2,5,9H,3-4,6-8H2. The van der Waals surface area contributed by atoms with Crippen LogP contribution in [0.1, 0.15) is 12.8 Å². The minimum Gasteiger partial charge on any atom is -0.494 e. The molecule has 2 atom stereocenters. The summed E-state index contributed by atoms with van der Waals surface area (Å²) in [5.74, 6) is 3.11. The zero-order chi connectivity index (χ0) is 9.10. The van der Waals surface area contributed by atoms with Crippen molar-refractivity contribution >= 4 is 10.8 Å². The monoisotopic (exact) mass is 198 g/mol. The molecule has 0 N–H and O–H groups in total. The molecule has 1 fully saturated rings. The second-order valence-corrected chi connectivity index (χ2v) is 5.08. The third-order valence-corrected chi connectivity index (χ3v) is 3.98. The molecule has 2 unspecified atom stereocenters. The molecular formula is C10H14O2S. The van der Waals surface area contributed by atoms with Crippen LogP contribution in [0.3, 0.4) is 0 Å². The van der Waals surface area contributed by atoms with Gasteiger partial charge in [0.2, 0.25) is 0 Å². The summed E-state index contributed by atoms with van der Waals surface area (Å²) >= 11 is 0. The van der Waals surface area contributed by atoms with Crippen molar-refractivity contribution in [3.8, 4) is 0 Å². The van der Waals surface area contributed by atoms with Gasteiger partial charge in [-0.3, -0.25) is 4.21 Å². The maximum absolute atomic E-state index is 11.3. The average molecular weight is 198 g/mol. The van der Waals surface area contributed by atoms with Crippen LogP contribution in [0.5, 0.6) is 0 Å². The van der Waals surface area contributed by atoms with E-state index in [0.29, 0.717) is 12.5 Å². The Morgan fingerprint density at radius 1 is 1.54 bits per heavy atom. The molecule has 0 aliphatic carbocycles. The van der Waals surface area contributed by atoms with E-state index < -0.39 is 10.8 Å². The Kier molecular flexibility index (Phi) is 2.83. The minimum absolute atomic E-state index is 0.402. The Hall–Kier alpha value is -0.570. The van der Waals surface area contributed by atoms with E-state index in [4.69, 9.17) is 4.74 Å². The van der Waals surface area contributed by atoms with Crippen LogP contribution in [0.2, 0.25) is 0 Å². The van der Waals surface area contributed by atoms with Crippen molar-refractivity contribution in [2.75, 3.05) is 18.1 Å². The summed E-state index contributed by atoms with van der Waals surface area (Å²) in [6.45, 7) is 0.676. The first-order valence-corrected chi connectivity index (χ1v) is 6.19. The summed E-state index contributed by atoms with van der Waals surface area (Å²) in [4.78, 5) is 0. The van der Waals surface area contributed by atoms with E-state index in [-0.39, 0.29) is 0 Å². The Morgan fingerprint density at radius 3 is 3.15 bits per heavy atom. The molecule has 1 saturated heterocycles. The van der Waals surface area contributed by atoms with Crippen LogP contribution in [0.4, 0.5) is 0 Å². The molecule has 2 nitrogen and oxygen atoms in total. The van der Waals surface area contributed by atoms with Gasteiger partial charge in [0.1, 0.15) is 12.4 Å². The molecule has 0 aromatic heterocycles. The highest BCUT2D eigenvalue weighted by molar-refractivity contribution is 7.85. The molecule has 0 spiro atoms. The highest BCUT2D eigenvalue weighted by atomic mass is 32.2. The average Bonchev–Trinajstić information content (AvgIpc) is 2.19. The van der Waals surface area contributed by atoms with Crippen molar-refractivity contribution < 1.29 is 8.95 Å². The molecule has 2 aliphatic rings. The molecule has 72 valence electrons. The number of rotatable bonds is 1. The van der Waals surface area contributed by atoms with Gasteiger partial charge in [0, 0.05) is 28.2 Å². The van der Waals surface area contributed by atoms with E-state index in [1.54, 1.807) is 0 Å². The predicted molar refractivity (Wildman–Crippen MR) is 53.8 cm³/mol. The van der Waals surface area contributed by atoms with Crippen LogP contribution >= 0.6 is 0 Å². The molecule has 0 radical (unpaired) electrons. The lowest BCUT2D eigenvalue weighted by Crippen LogP contribution is -2.23. The summed E-state index contributed by atoms with van der Waals surface area (Å²) in [5, 5.41) is 0. The Balaban J connectivity index is 2.02. The van der Waals surface area contributed by atoms with Gasteiger partial charge in [0.25, 0.3) is 0 Å². The smallest absolute Gasteiger partial charge is 0.106 e. The van der Waals surface area contributed by atoms with Gasteiger partial charge in [0.05, 0.1) is 0 Å². The molecule has 0 amide bonds. The van der Waals surface area contributed by atoms with Crippen LogP contribution in [-0.2, 0) is 15.5 Å². The van der Waals surface area contributed by atoms with Gasteiger partial charge in [-0.15, -0.1) is 0 Å². The number of allylic oxidation sites excluding steroid dienone is 3. The second kappa shape index (κ2) is 4.09. The summed E-state index contributed by atoms with van der Waals surface area (Å²) in [6, 6.07) is 0. The Bertz CT molecular complexity index is 268. The molecule has 0 bridgehead atoms. The van der Waals surface area contributed by atoms with E-state index in [9.17, 15) is 4.21 Å². The third-order valence-electron chi connectivity index (χ3n) is 2.46. The first kappa shape index (κ1) is 9.00. The van der Waals surface area contributed by atoms with Crippen LogP contribution in [0, 0.1) is 5.92 Å². The van der Waals surface area contributed by atoms with Crippen molar-refractivity contribution in [1.29, 1.82) is 0 Å². The highest BCUT2D eigenvalue weighted by Crippen LogP contribution is 2.25. The quantitative estimate of drug-likeness (QED) is 0.640. The lowest BCUT2D eigenvalue weighted by Gasteiger charge is -2.24. The number of ether oxygens (including phenoxy) is 1. The topological polar surface area (TPSA) is 26.3 Å². The molecule has 0 saturated carbocycles. The van der Waals surface area contributed by atoms with Crippen molar-refractivity contribution in [3.05, 3.63) is 24.0 Å². The van der Waals surface area contributed by atoms with E-state index in [0.717, 1.165) is 30.1 Å². The lowest BCUT2D eigenvalue weighted by molar-refractivity contribution is 0.203. The number of hydrogen-bond donors (Lipinski definition) is 0. The molecule has 2 rings (SSSR count). The second-order valence-electron chi connectivity index (χ2n) is 3.46. The molecule has 0 aromatic carbocycles. The van der Waals surface area contributed by atoms with E-state index >= 15 is 0 Å². The Labute approximate surface area is 81.1 Å².